The molecule has 5 nitrogen and oxygen atoms in total. The van der Waals surface area contributed by atoms with Crippen LogP contribution in [-0.2, 0) is 9.59 Å². The van der Waals surface area contributed by atoms with E-state index in [-0.39, 0.29) is 30.3 Å². The lowest BCUT2D eigenvalue weighted by Gasteiger charge is -2.37. The van der Waals surface area contributed by atoms with Gasteiger partial charge in [0.15, 0.2) is 6.04 Å². The molecule has 4 N–H and O–H groups in total. The van der Waals surface area contributed by atoms with Gasteiger partial charge in [-0.1, -0.05) is 24.1 Å². The molecule has 1 heterocycles. The first-order valence-electron chi connectivity index (χ1n) is 8.24. The highest BCUT2D eigenvalue weighted by Crippen LogP contribution is 2.21. The lowest BCUT2D eigenvalue weighted by Crippen LogP contribution is -3.03. The van der Waals surface area contributed by atoms with E-state index in [0.717, 1.165) is 18.4 Å². The number of piperazine rings is 1. The van der Waals surface area contributed by atoms with E-state index in [1.165, 1.54) is 12.8 Å². The van der Waals surface area contributed by atoms with E-state index >= 15 is 0 Å². The van der Waals surface area contributed by atoms with Gasteiger partial charge < -0.3 is 16.0 Å². The lowest BCUT2D eigenvalue weighted by atomic mass is 9.87. The maximum absolute atomic E-state index is 12.3. The number of carbonyl (C=O) groups excluding carboxylic acids is 2. The van der Waals surface area contributed by atoms with Crippen molar-refractivity contribution in [2.45, 2.75) is 57.2 Å². The Morgan fingerprint density at radius 1 is 1.39 bits per heavy atom. The van der Waals surface area contributed by atoms with Crippen molar-refractivity contribution < 1.29 is 14.9 Å². The van der Waals surface area contributed by atoms with Gasteiger partial charge in [0.05, 0.1) is 12.5 Å². The van der Waals surface area contributed by atoms with Gasteiger partial charge in [0.25, 0.3) is 5.91 Å². The van der Waals surface area contributed by atoms with Crippen LogP contribution in [0.5, 0.6) is 0 Å². The highest BCUT2D eigenvalue weighted by Gasteiger charge is 2.40. The lowest BCUT2D eigenvalue weighted by molar-refractivity contribution is -0.718. The van der Waals surface area contributed by atoms with Crippen LogP contribution < -0.4 is 16.0 Å². The molecule has 1 aliphatic heterocycles. The molecule has 0 radical (unpaired) electrons. The summed E-state index contributed by atoms with van der Waals surface area (Å²) in [6.07, 6.45) is 4.72. The molecule has 1 aromatic rings. The summed E-state index contributed by atoms with van der Waals surface area (Å²) in [5.41, 5.74) is 1.65. The van der Waals surface area contributed by atoms with E-state index in [1.807, 2.05) is 13.0 Å². The minimum absolute atomic E-state index is 0.0221. The van der Waals surface area contributed by atoms with Gasteiger partial charge in [-0.25, -0.2) is 0 Å². The summed E-state index contributed by atoms with van der Waals surface area (Å²) in [5.74, 6) is -0.174. The van der Waals surface area contributed by atoms with Crippen LogP contribution in [0, 0.1) is 6.92 Å². The van der Waals surface area contributed by atoms with Gasteiger partial charge in [-0.05, 0) is 37.5 Å². The molecule has 1 aliphatic carbocycles. The van der Waals surface area contributed by atoms with Crippen molar-refractivity contribution in [3.05, 3.63) is 28.8 Å². The Bertz CT molecular complexity index is 620. The molecule has 6 heteroatoms. The number of anilines is 1. The summed E-state index contributed by atoms with van der Waals surface area (Å²) in [4.78, 5) is 24.5. The topological polar surface area (TPSA) is 74.8 Å². The fraction of sp³-hybridized carbons (Fsp3) is 0.529. The molecule has 0 aromatic heterocycles. The molecule has 1 aromatic carbocycles. The Morgan fingerprint density at radius 3 is 3.00 bits per heavy atom. The average molecular weight is 337 g/mol. The number of nitrogens with two attached hydrogens (primary N) is 1. The molecule has 2 amide bonds. The van der Waals surface area contributed by atoms with E-state index in [0.29, 0.717) is 16.8 Å². The second kappa shape index (κ2) is 6.89. The van der Waals surface area contributed by atoms with Crippen LogP contribution in [0.25, 0.3) is 0 Å². The normalized spacial score (nSPS) is 27.0. The van der Waals surface area contributed by atoms with Gasteiger partial charge in [0.2, 0.25) is 5.91 Å². The molecule has 3 rings (SSSR count). The molecule has 1 saturated heterocycles. The number of hydrogen-bond acceptors (Lipinski definition) is 2. The van der Waals surface area contributed by atoms with E-state index in [1.54, 1.807) is 12.1 Å². The van der Waals surface area contributed by atoms with Crippen LogP contribution in [0.2, 0.25) is 5.02 Å². The van der Waals surface area contributed by atoms with Crippen molar-refractivity contribution in [2.75, 3.05) is 5.32 Å². The highest BCUT2D eigenvalue weighted by molar-refractivity contribution is 6.31. The van der Waals surface area contributed by atoms with E-state index in [4.69, 9.17) is 11.6 Å². The number of carbonyl (C=O) groups is 2. The van der Waals surface area contributed by atoms with Crippen molar-refractivity contribution in [2.24, 2.45) is 0 Å². The molecular formula is C17H23ClN3O2+. The maximum atomic E-state index is 12.3. The number of halogens is 1. The number of quaternary nitrogens is 1. The third-order valence-corrected chi connectivity index (χ3v) is 5.08. The fourth-order valence-corrected chi connectivity index (χ4v) is 3.71. The number of fused-ring (bicyclic) bond motifs is 1. The SMILES string of the molecule is Cc1ccc(Cl)cc1NC(=O)C[C@@H]1[NH2+][C@H]2CCCC[C@@H]2NC1=O. The van der Waals surface area contributed by atoms with Crippen LogP contribution in [0.3, 0.4) is 0 Å². The summed E-state index contributed by atoms with van der Waals surface area (Å²) in [5, 5.41) is 8.63. The molecule has 1 saturated carbocycles. The molecule has 2 fully saturated rings. The van der Waals surface area contributed by atoms with E-state index in [2.05, 4.69) is 16.0 Å². The fourth-order valence-electron chi connectivity index (χ4n) is 3.54. The Hall–Kier alpha value is -1.59. The smallest absolute Gasteiger partial charge is 0.279 e. The first kappa shape index (κ1) is 16.3. The predicted molar refractivity (Wildman–Crippen MR) is 89.3 cm³/mol. The standard InChI is InChI=1S/C17H22ClN3O2/c1-10-6-7-11(18)8-14(10)20-16(22)9-15-17(23)21-13-5-3-2-4-12(13)19-15/h6-8,12-13,15,19H,2-5,9H2,1H3,(H,20,22)(H,21,23)/p+1/t12-,13-,15-/m0/s1. The van der Waals surface area contributed by atoms with Gasteiger partial charge in [0.1, 0.15) is 6.04 Å². The highest BCUT2D eigenvalue weighted by atomic mass is 35.5. The van der Waals surface area contributed by atoms with E-state index in [9.17, 15) is 9.59 Å². The van der Waals surface area contributed by atoms with Crippen LogP contribution in [0.4, 0.5) is 5.69 Å². The van der Waals surface area contributed by atoms with Gasteiger partial charge in [0, 0.05) is 17.1 Å². The van der Waals surface area contributed by atoms with Crippen molar-refractivity contribution >= 4 is 29.1 Å². The van der Waals surface area contributed by atoms with Gasteiger partial charge >= 0.3 is 0 Å². The van der Waals surface area contributed by atoms with Crippen molar-refractivity contribution in [3.63, 3.8) is 0 Å². The van der Waals surface area contributed by atoms with Crippen LogP contribution in [0.15, 0.2) is 18.2 Å². The quantitative estimate of drug-likeness (QED) is 0.779. The minimum Gasteiger partial charge on any atom is -0.342 e. The third-order valence-electron chi connectivity index (χ3n) is 4.84. The van der Waals surface area contributed by atoms with Crippen LogP contribution in [-0.4, -0.2) is 29.9 Å². The summed E-state index contributed by atoms with van der Waals surface area (Å²) in [6.45, 7) is 1.91. The Balaban J connectivity index is 1.61. The maximum Gasteiger partial charge on any atom is 0.279 e. The molecule has 3 atom stereocenters. The number of nitrogens with one attached hydrogen (secondary N) is 2. The Morgan fingerprint density at radius 2 is 2.17 bits per heavy atom. The summed E-state index contributed by atoms with van der Waals surface area (Å²) in [7, 11) is 0. The number of amides is 2. The third kappa shape index (κ3) is 3.85. The summed E-state index contributed by atoms with van der Waals surface area (Å²) >= 11 is 5.97. The molecule has 124 valence electrons. The molecule has 0 unspecified atom stereocenters. The number of benzene rings is 1. The number of hydrogen-bond donors (Lipinski definition) is 3. The molecule has 0 spiro atoms. The zero-order chi connectivity index (χ0) is 16.4. The summed E-state index contributed by atoms with van der Waals surface area (Å²) in [6, 6.07) is 5.73. The van der Waals surface area contributed by atoms with Gasteiger partial charge in [-0.15, -0.1) is 0 Å². The minimum atomic E-state index is -0.339. The van der Waals surface area contributed by atoms with Crippen LogP contribution in [0.1, 0.15) is 37.7 Å². The number of rotatable bonds is 3. The molecular weight excluding hydrogens is 314 g/mol. The van der Waals surface area contributed by atoms with E-state index < -0.39 is 0 Å². The first-order chi connectivity index (χ1) is 11.0. The monoisotopic (exact) mass is 336 g/mol. The first-order valence-corrected chi connectivity index (χ1v) is 8.62. The Kier molecular flexibility index (Phi) is 4.87. The predicted octanol–water partition coefficient (Wildman–Crippen LogP) is 1.35. The second-order valence-electron chi connectivity index (χ2n) is 6.57. The average Bonchev–Trinajstić information content (AvgIpc) is 2.51. The zero-order valence-corrected chi connectivity index (χ0v) is 14.0. The van der Waals surface area contributed by atoms with Gasteiger partial charge in [-0.2, -0.15) is 0 Å². The second-order valence-corrected chi connectivity index (χ2v) is 7.01. The molecule has 0 bridgehead atoms. The molecule has 23 heavy (non-hydrogen) atoms. The zero-order valence-electron chi connectivity index (χ0n) is 13.3. The van der Waals surface area contributed by atoms with Crippen LogP contribution >= 0.6 is 11.6 Å². The van der Waals surface area contributed by atoms with Crippen molar-refractivity contribution in [1.82, 2.24) is 5.32 Å². The molecule has 2 aliphatic rings. The van der Waals surface area contributed by atoms with Crippen molar-refractivity contribution in [3.8, 4) is 0 Å². The largest absolute Gasteiger partial charge is 0.342 e. The number of aryl methyl sites for hydroxylation is 1. The Labute approximate surface area is 141 Å². The van der Waals surface area contributed by atoms with Gasteiger partial charge in [-0.3, -0.25) is 9.59 Å². The summed E-state index contributed by atoms with van der Waals surface area (Å²) < 4.78 is 0. The van der Waals surface area contributed by atoms with Crippen molar-refractivity contribution in [1.29, 1.82) is 0 Å².